The minimum atomic E-state index is -0.00109. The molecule has 5 rings (SSSR count). The van der Waals surface area contributed by atoms with Gasteiger partial charge in [-0.15, -0.1) is 0 Å². The second-order valence-corrected chi connectivity index (χ2v) is 8.32. The largest absolute Gasteiger partial charge is 0.493 e. The maximum atomic E-state index is 6.11. The molecule has 8 nitrogen and oxygen atoms in total. The van der Waals surface area contributed by atoms with E-state index < -0.39 is 0 Å². The topological polar surface area (TPSA) is 87.1 Å². The Labute approximate surface area is 193 Å². The van der Waals surface area contributed by atoms with E-state index in [1.54, 1.807) is 19.4 Å². The van der Waals surface area contributed by atoms with E-state index in [1.165, 1.54) is 6.33 Å². The number of halogens is 1. The molecule has 1 unspecified atom stereocenters. The Balaban J connectivity index is 1.48. The third kappa shape index (κ3) is 4.13. The Morgan fingerprint density at radius 2 is 2.06 bits per heavy atom. The minimum Gasteiger partial charge on any atom is -0.493 e. The number of anilines is 2. The molecule has 0 bridgehead atoms. The highest BCUT2D eigenvalue weighted by Gasteiger charge is 2.23. The van der Waals surface area contributed by atoms with E-state index in [0.717, 1.165) is 27.7 Å². The number of nitrogens with one attached hydrogen (secondary N) is 1. The summed E-state index contributed by atoms with van der Waals surface area (Å²) in [6.45, 7) is 3.29. The highest BCUT2D eigenvalue weighted by molar-refractivity contribution is 9.10. The summed E-state index contributed by atoms with van der Waals surface area (Å²) in [4.78, 5) is 13.3. The Kier molecular flexibility index (Phi) is 5.67. The minimum absolute atomic E-state index is 0.00109. The molecule has 1 atom stereocenters. The molecule has 1 N–H and O–H groups in total. The van der Waals surface area contributed by atoms with Crippen molar-refractivity contribution in [1.29, 1.82) is 0 Å². The summed E-state index contributed by atoms with van der Waals surface area (Å²) in [5.41, 5.74) is 3.26. The van der Waals surface area contributed by atoms with E-state index in [9.17, 15) is 0 Å². The van der Waals surface area contributed by atoms with Crippen LogP contribution in [0.1, 0.15) is 17.5 Å². The van der Waals surface area contributed by atoms with Crippen molar-refractivity contribution in [3.05, 3.63) is 52.3 Å². The number of rotatable bonds is 5. The summed E-state index contributed by atoms with van der Waals surface area (Å²) >= 11 is 3.52. The number of aromatic nitrogens is 2. The van der Waals surface area contributed by atoms with Gasteiger partial charge in [-0.05, 0) is 36.8 Å². The van der Waals surface area contributed by atoms with Crippen LogP contribution in [0.3, 0.4) is 0 Å². The van der Waals surface area contributed by atoms with Gasteiger partial charge in [-0.25, -0.2) is 9.98 Å². The molecule has 1 fully saturated rings. The number of aryl methyl sites for hydroxylation is 1. The zero-order valence-electron chi connectivity index (χ0n) is 17.6. The summed E-state index contributed by atoms with van der Waals surface area (Å²) < 4.78 is 24.2. The van der Waals surface area contributed by atoms with Crippen LogP contribution in [0.4, 0.5) is 17.2 Å². The molecule has 0 spiro atoms. The smallest absolute Gasteiger partial charge is 0.250 e. The number of hydrogen-bond donors (Lipinski definition) is 1. The van der Waals surface area contributed by atoms with Gasteiger partial charge in [0, 0.05) is 34.4 Å². The van der Waals surface area contributed by atoms with Crippen LogP contribution in [0.5, 0.6) is 23.1 Å². The monoisotopic (exact) mass is 496 g/mol. The average molecular weight is 497 g/mol. The number of nitrogens with zero attached hydrogens (tertiary/aromatic N) is 3. The van der Waals surface area contributed by atoms with Gasteiger partial charge in [0.2, 0.25) is 0 Å². The Morgan fingerprint density at radius 3 is 2.84 bits per heavy atom. The first-order valence-corrected chi connectivity index (χ1v) is 11.0. The molecule has 3 heterocycles. The zero-order chi connectivity index (χ0) is 22.1. The van der Waals surface area contributed by atoms with Crippen molar-refractivity contribution in [3.8, 4) is 23.1 Å². The molecule has 0 radical (unpaired) electrons. The zero-order valence-corrected chi connectivity index (χ0v) is 19.2. The van der Waals surface area contributed by atoms with Gasteiger partial charge in [0.25, 0.3) is 5.88 Å². The van der Waals surface area contributed by atoms with Gasteiger partial charge in [0.15, 0.2) is 23.0 Å². The summed E-state index contributed by atoms with van der Waals surface area (Å²) in [6.07, 6.45) is 4.01. The lowest BCUT2D eigenvalue weighted by atomic mass is 10.2. The summed E-state index contributed by atoms with van der Waals surface area (Å²) in [7, 11) is 1.60. The molecule has 0 saturated carbocycles. The molecule has 1 aromatic heterocycles. The molecule has 164 valence electrons. The van der Waals surface area contributed by atoms with Gasteiger partial charge in [-0.3, -0.25) is 0 Å². The molecule has 0 aliphatic carbocycles. The number of methoxy groups -OCH3 is 1. The van der Waals surface area contributed by atoms with Crippen molar-refractivity contribution in [2.75, 3.05) is 25.6 Å². The van der Waals surface area contributed by atoms with Gasteiger partial charge in [-0.2, -0.15) is 4.98 Å². The highest BCUT2D eigenvalue weighted by atomic mass is 79.9. The fourth-order valence-corrected chi connectivity index (χ4v) is 3.77. The van der Waals surface area contributed by atoms with Gasteiger partial charge in [0.05, 0.1) is 20.3 Å². The molecule has 2 aliphatic heterocycles. The summed E-state index contributed by atoms with van der Waals surface area (Å²) in [5.74, 6) is 2.67. The molecular weight excluding hydrogens is 476 g/mol. The molecule has 1 saturated heterocycles. The normalized spacial score (nSPS) is 16.5. The van der Waals surface area contributed by atoms with Crippen LogP contribution >= 0.6 is 15.9 Å². The third-order valence-electron chi connectivity index (χ3n) is 5.23. The van der Waals surface area contributed by atoms with Gasteiger partial charge in [-0.1, -0.05) is 15.9 Å². The first-order valence-electron chi connectivity index (χ1n) is 10.2. The van der Waals surface area contributed by atoms with Crippen molar-refractivity contribution >= 4 is 39.3 Å². The lowest BCUT2D eigenvalue weighted by molar-refractivity contribution is 0.138. The lowest BCUT2D eigenvalue weighted by Gasteiger charge is -2.17. The van der Waals surface area contributed by atoms with E-state index >= 15 is 0 Å². The fourth-order valence-electron chi connectivity index (χ4n) is 3.53. The van der Waals surface area contributed by atoms with Gasteiger partial charge >= 0.3 is 0 Å². The number of ether oxygens (including phenoxy) is 4. The van der Waals surface area contributed by atoms with E-state index in [2.05, 4.69) is 36.2 Å². The Morgan fingerprint density at radius 1 is 1.16 bits per heavy atom. The predicted octanol–water partition coefficient (Wildman–Crippen LogP) is 5.32. The van der Waals surface area contributed by atoms with Crippen LogP contribution in [0.25, 0.3) is 0 Å². The standard InChI is InChI=1S/C23H21BrN4O4/c1-13-7-15(3-4-17(13)24)28-22-21-23(27-12-26-22)32-18-9-19(29-2)20(8-14(18)10-25-21)31-16-5-6-30-11-16/h3-4,7-10,12,16H,5-6,11H2,1-2H3,(H,26,27,28). The van der Waals surface area contributed by atoms with Crippen molar-refractivity contribution in [2.45, 2.75) is 19.4 Å². The van der Waals surface area contributed by atoms with Crippen LogP contribution in [-0.2, 0) is 4.74 Å². The van der Waals surface area contributed by atoms with Crippen molar-refractivity contribution in [3.63, 3.8) is 0 Å². The average Bonchev–Trinajstić information content (AvgIpc) is 3.23. The molecule has 0 amide bonds. The molecule has 3 aromatic rings. The van der Waals surface area contributed by atoms with Gasteiger partial charge < -0.3 is 24.3 Å². The maximum Gasteiger partial charge on any atom is 0.250 e. The van der Waals surface area contributed by atoms with Gasteiger partial charge in [0.1, 0.15) is 18.2 Å². The quantitative estimate of drug-likeness (QED) is 0.399. The molecule has 32 heavy (non-hydrogen) atoms. The number of hydrogen-bond acceptors (Lipinski definition) is 8. The van der Waals surface area contributed by atoms with Crippen LogP contribution in [-0.4, -0.2) is 42.6 Å². The predicted molar refractivity (Wildman–Crippen MR) is 124 cm³/mol. The number of fused-ring (bicyclic) bond motifs is 2. The van der Waals surface area contributed by atoms with E-state index in [-0.39, 0.29) is 6.10 Å². The first-order chi connectivity index (χ1) is 15.6. The molecular formula is C23H21BrN4O4. The van der Waals surface area contributed by atoms with Crippen molar-refractivity contribution in [1.82, 2.24) is 9.97 Å². The summed E-state index contributed by atoms with van der Waals surface area (Å²) in [5, 5.41) is 3.31. The fraction of sp³-hybridized carbons (Fsp3) is 0.261. The molecule has 2 aromatic carbocycles. The van der Waals surface area contributed by atoms with Crippen LogP contribution in [0.2, 0.25) is 0 Å². The Bertz CT molecular complexity index is 1190. The second-order valence-electron chi connectivity index (χ2n) is 7.47. The van der Waals surface area contributed by atoms with Crippen LogP contribution in [0.15, 0.2) is 46.1 Å². The van der Waals surface area contributed by atoms with E-state index in [0.29, 0.717) is 47.8 Å². The third-order valence-corrected chi connectivity index (χ3v) is 6.12. The highest BCUT2D eigenvalue weighted by Crippen LogP contribution is 2.43. The van der Waals surface area contributed by atoms with E-state index in [4.69, 9.17) is 18.9 Å². The SMILES string of the molecule is COc1cc2c(cc1OC1CCOC1)C=Nc1c(Nc3ccc(Br)c(C)c3)ncnc1O2. The van der Waals surface area contributed by atoms with Crippen LogP contribution < -0.4 is 19.5 Å². The van der Waals surface area contributed by atoms with Crippen LogP contribution in [0, 0.1) is 6.92 Å². The summed E-state index contributed by atoms with van der Waals surface area (Å²) in [6, 6.07) is 9.62. The number of aliphatic imine (C=N–C) groups is 1. The molecule has 9 heteroatoms. The Hall–Kier alpha value is -3.17. The first kappa shape index (κ1) is 20.7. The van der Waals surface area contributed by atoms with Crippen molar-refractivity contribution < 1.29 is 18.9 Å². The molecule has 2 aliphatic rings. The second kappa shape index (κ2) is 8.76. The maximum absolute atomic E-state index is 6.11. The lowest BCUT2D eigenvalue weighted by Crippen LogP contribution is -2.16. The number of benzene rings is 2. The van der Waals surface area contributed by atoms with Crippen molar-refractivity contribution in [2.24, 2.45) is 4.99 Å². The van der Waals surface area contributed by atoms with E-state index in [1.807, 2.05) is 31.2 Å².